The van der Waals surface area contributed by atoms with Gasteiger partial charge in [0.15, 0.2) is 5.82 Å². The molecule has 0 saturated carbocycles. The number of carbonyl (C=O) groups is 1. The van der Waals surface area contributed by atoms with Gasteiger partial charge in [0, 0.05) is 18.6 Å². The van der Waals surface area contributed by atoms with Crippen molar-refractivity contribution in [2.45, 2.75) is 6.42 Å². The Labute approximate surface area is 91.1 Å². The van der Waals surface area contributed by atoms with Crippen LogP contribution in [0.4, 0.5) is 0 Å². The van der Waals surface area contributed by atoms with Crippen LogP contribution in [0.3, 0.4) is 0 Å². The van der Waals surface area contributed by atoms with Crippen molar-refractivity contribution in [3.8, 4) is 11.5 Å². The molecule has 0 unspecified atom stereocenters. The van der Waals surface area contributed by atoms with E-state index in [0.717, 1.165) is 0 Å². The fourth-order valence-electron chi connectivity index (χ4n) is 1.18. The zero-order valence-corrected chi connectivity index (χ0v) is 8.24. The summed E-state index contributed by atoms with van der Waals surface area (Å²) < 4.78 is 0. The molecule has 2 aromatic heterocycles. The first-order valence-electron chi connectivity index (χ1n) is 4.55. The van der Waals surface area contributed by atoms with E-state index < -0.39 is 5.97 Å². The summed E-state index contributed by atoms with van der Waals surface area (Å²) in [5.74, 6) is -0.449. The minimum absolute atomic E-state index is 0.0793. The fourth-order valence-corrected chi connectivity index (χ4v) is 1.18. The van der Waals surface area contributed by atoms with Crippen LogP contribution in [0.15, 0.2) is 31.0 Å². The maximum atomic E-state index is 10.4. The Morgan fingerprint density at radius 2 is 2.00 bits per heavy atom. The van der Waals surface area contributed by atoms with E-state index in [4.69, 9.17) is 5.11 Å². The van der Waals surface area contributed by atoms with E-state index in [0.29, 0.717) is 17.1 Å². The molecule has 0 aromatic carbocycles. The highest BCUT2D eigenvalue weighted by Gasteiger charge is 2.04. The molecule has 1 N–H and O–H groups in total. The molecule has 0 spiro atoms. The van der Waals surface area contributed by atoms with Gasteiger partial charge >= 0.3 is 5.97 Å². The molecule has 0 amide bonds. The summed E-state index contributed by atoms with van der Waals surface area (Å²) in [6, 6.07) is 1.69. The predicted octanol–water partition coefficient (Wildman–Crippen LogP) is 0.561. The number of hydrogen-bond donors (Lipinski definition) is 1. The van der Waals surface area contributed by atoms with Crippen molar-refractivity contribution in [3.05, 3.63) is 36.5 Å². The highest BCUT2D eigenvalue weighted by atomic mass is 16.4. The van der Waals surface area contributed by atoms with Gasteiger partial charge in [0.25, 0.3) is 0 Å². The first kappa shape index (κ1) is 10.2. The largest absolute Gasteiger partial charge is 0.481 e. The van der Waals surface area contributed by atoms with E-state index in [9.17, 15) is 4.79 Å². The third-order valence-electron chi connectivity index (χ3n) is 1.87. The number of nitrogens with zero attached hydrogens (tertiary/aromatic N) is 4. The Morgan fingerprint density at radius 1 is 1.25 bits per heavy atom. The second-order valence-electron chi connectivity index (χ2n) is 3.08. The number of carboxylic acids is 1. The zero-order valence-electron chi connectivity index (χ0n) is 8.24. The summed E-state index contributed by atoms with van der Waals surface area (Å²) in [6.45, 7) is 0. The maximum Gasteiger partial charge on any atom is 0.307 e. The van der Waals surface area contributed by atoms with Crippen LogP contribution in [0.25, 0.3) is 11.5 Å². The maximum absolute atomic E-state index is 10.4. The van der Waals surface area contributed by atoms with Crippen molar-refractivity contribution in [1.29, 1.82) is 0 Å². The van der Waals surface area contributed by atoms with Crippen LogP contribution >= 0.6 is 0 Å². The molecule has 16 heavy (non-hydrogen) atoms. The summed E-state index contributed by atoms with van der Waals surface area (Å²) in [6.07, 6.45) is 5.89. The second kappa shape index (κ2) is 4.43. The monoisotopic (exact) mass is 216 g/mol. The summed E-state index contributed by atoms with van der Waals surface area (Å²) in [4.78, 5) is 26.3. The van der Waals surface area contributed by atoms with Gasteiger partial charge in [-0.15, -0.1) is 0 Å². The Balaban J connectivity index is 2.23. The molecular formula is C10H8N4O2. The quantitative estimate of drug-likeness (QED) is 0.806. The van der Waals surface area contributed by atoms with Crippen LogP contribution in [0.1, 0.15) is 5.56 Å². The molecule has 0 aliphatic rings. The molecular weight excluding hydrogens is 208 g/mol. The smallest absolute Gasteiger partial charge is 0.307 e. The van der Waals surface area contributed by atoms with E-state index in [1.165, 1.54) is 18.7 Å². The van der Waals surface area contributed by atoms with Crippen molar-refractivity contribution in [2.24, 2.45) is 0 Å². The highest BCUT2D eigenvalue weighted by molar-refractivity contribution is 5.69. The van der Waals surface area contributed by atoms with Gasteiger partial charge in [0.05, 0.1) is 6.42 Å². The lowest BCUT2D eigenvalue weighted by Gasteiger charge is -1.99. The van der Waals surface area contributed by atoms with Gasteiger partial charge in [-0.3, -0.25) is 4.79 Å². The molecule has 2 aromatic rings. The molecule has 2 rings (SSSR count). The summed E-state index contributed by atoms with van der Waals surface area (Å²) in [7, 11) is 0. The van der Waals surface area contributed by atoms with Crippen molar-refractivity contribution in [1.82, 2.24) is 19.9 Å². The van der Waals surface area contributed by atoms with Gasteiger partial charge in [-0.25, -0.2) is 19.9 Å². The van der Waals surface area contributed by atoms with Crippen LogP contribution in [-0.2, 0) is 11.2 Å². The van der Waals surface area contributed by atoms with Crippen LogP contribution in [-0.4, -0.2) is 31.0 Å². The summed E-state index contributed by atoms with van der Waals surface area (Å²) >= 11 is 0. The Hall–Kier alpha value is -2.37. The second-order valence-corrected chi connectivity index (χ2v) is 3.08. The predicted molar refractivity (Wildman–Crippen MR) is 54.4 cm³/mol. The molecule has 80 valence electrons. The Morgan fingerprint density at radius 3 is 2.56 bits per heavy atom. The van der Waals surface area contributed by atoms with Crippen LogP contribution < -0.4 is 0 Å². The summed E-state index contributed by atoms with van der Waals surface area (Å²) in [5.41, 5.74) is 1.17. The van der Waals surface area contributed by atoms with E-state index >= 15 is 0 Å². The number of rotatable bonds is 3. The lowest BCUT2D eigenvalue weighted by molar-refractivity contribution is -0.136. The standard InChI is InChI=1S/C10H8N4O2/c15-9(16)3-7-4-12-10(13-5-7)8-1-2-11-6-14-8/h1-2,4-6H,3H2,(H,15,16). The topological polar surface area (TPSA) is 88.9 Å². The normalized spacial score (nSPS) is 10.0. The van der Waals surface area contributed by atoms with Crippen molar-refractivity contribution < 1.29 is 9.90 Å². The van der Waals surface area contributed by atoms with Gasteiger partial charge in [-0.2, -0.15) is 0 Å². The average molecular weight is 216 g/mol. The average Bonchev–Trinajstić information content (AvgIpc) is 2.30. The van der Waals surface area contributed by atoms with Gasteiger partial charge in [-0.05, 0) is 11.6 Å². The number of carboxylic acid groups (broad SMARTS) is 1. The number of aromatic nitrogens is 4. The van der Waals surface area contributed by atoms with Crippen molar-refractivity contribution >= 4 is 5.97 Å². The molecule has 2 heterocycles. The third-order valence-corrected chi connectivity index (χ3v) is 1.87. The molecule has 0 fully saturated rings. The Bertz CT molecular complexity index is 484. The van der Waals surface area contributed by atoms with Crippen LogP contribution in [0, 0.1) is 0 Å². The molecule has 0 saturated heterocycles. The van der Waals surface area contributed by atoms with Gasteiger partial charge < -0.3 is 5.11 Å². The SMILES string of the molecule is O=C(O)Cc1cnc(-c2ccncn2)nc1. The van der Waals surface area contributed by atoms with E-state index in [1.807, 2.05) is 0 Å². The van der Waals surface area contributed by atoms with E-state index in [2.05, 4.69) is 19.9 Å². The van der Waals surface area contributed by atoms with Crippen molar-refractivity contribution in [2.75, 3.05) is 0 Å². The lowest BCUT2D eigenvalue weighted by atomic mass is 10.2. The molecule has 0 bridgehead atoms. The van der Waals surface area contributed by atoms with Gasteiger partial charge in [0.2, 0.25) is 0 Å². The van der Waals surface area contributed by atoms with Gasteiger partial charge in [-0.1, -0.05) is 0 Å². The number of hydrogen-bond acceptors (Lipinski definition) is 5. The number of aliphatic carboxylic acids is 1. The third kappa shape index (κ3) is 2.35. The highest BCUT2D eigenvalue weighted by Crippen LogP contribution is 2.09. The van der Waals surface area contributed by atoms with E-state index in [-0.39, 0.29) is 6.42 Å². The molecule has 0 atom stereocenters. The first-order chi connectivity index (χ1) is 7.75. The van der Waals surface area contributed by atoms with Crippen LogP contribution in [0.2, 0.25) is 0 Å². The van der Waals surface area contributed by atoms with Crippen LogP contribution in [0.5, 0.6) is 0 Å². The molecule has 6 heteroatoms. The molecule has 6 nitrogen and oxygen atoms in total. The minimum Gasteiger partial charge on any atom is -0.481 e. The van der Waals surface area contributed by atoms with Gasteiger partial charge in [0.1, 0.15) is 12.0 Å². The molecule has 0 radical (unpaired) electrons. The first-order valence-corrected chi connectivity index (χ1v) is 4.55. The molecule has 0 aliphatic heterocycles. The lowest BCUT2D eigenvalue weighted by Crippen LogP contribution is -2.02. The Kier molecular flexibility index (Phi) is 2.81. The zero-order chi connectivity index (χ0) is 11.4. The summed E-state index contributed by atoms with van der Waals surface area (Å²) in [5, 5.41) is 8.58. The minimum atomic E-state index is -0.904. The van der Waals surface area contributed by atoms with E-state index in [1.54, 1.807) is 12.3 Å². The molecule has 0 aliphatic carbocycles. The fraction of sp³-hybridized carbons (Fsp3) is 0.100. The van der Waals surface area contributed by atoms with Crippen molar-refractivity contribution in [3.63, 3.8) is 0 Å².